The Balaban J connectivity index is 1.97. The summed E-state index contributed by atoms with van der Waals surface area (Å²) in [7, 11) is 0. The molecule has 1 heterocycles. The average Bonchev–Trinajstić information content (AvgIpc) is 2.84. The minimum absolute atomic E-state index is 0.232. The number of hydrogen-bond donors (Lipinski definition) is 2. The lowest BCUT2D eigenvalue weighted by Crippen LogP contribution is -2.38. The summed E-state index contributed by atoms with van der Waals surface area (Å²) in [5.41, 5.74) is 6.60. The molecule has 1 unspecified atom stereocenters. The van der Waals surface area contributed by atoms with E-state index in [4.69, 9.17) is 10.3 Å². The molecule has 0 radical (unpaired) electrons. The van der Waals surface area contributed by atoms with Gasteiger partial charge in [-0.2, -0.15) is 0 Å². The predicted molar refractivity (Wildman–Crippen MR) is 68.4 cm³/mol. The minimum Gasteiger partial charge on any atom is -0.472 e. The van der Waals surface area contributed by atoms with Crippen molar-refractivity contribution in [1.82, 2.24) is 5.43 Å². The molecule has 0 bridgehead atoms. The van der Waals surface area contributed by atoms with Crippen molar-refractivity contribution < 1.29 is 4.42 Å². The van der Waals surface area contributed by atoms with Gasteiger partial charge in [0.05, 0.1) is 12.5 Å². The molecule has 3 nitrogen and oxygen atoms in total. The van der Waals surface area contributed by atoms with E-state index < -0.39 is 0 Å². The number of hydrazine groups is 1. The fourth-order valence-corrected chi connectivity index (χ4v) is 1.89. The van der Waals surface area contributed by atoms with E-state index in [2.05, 4.69) is 36.6 Å². The zero-order valence-corrected chi connectivity index (χ0v) is 10.0. The van der Waals surface area contributed by atoms with E-state index in [1.54, 1.807) is 12.5 Å². The summed E-state index contributed by atoms with van der Waals surface area (Å²) in [6.45, 7) is 2.09. The highest BCUT2D eigenvalue weighted by Gasteiger charge is 2.09. The summed E-state index contributed by atoms with van der Waals surface area (Å²) in [5, 5.41) is 0. The molecule has 0 aliphatic heterocycles. The molecule has 0 fully saturated rings. The molecular formula is C14H18N2O. The minimum atomic E-state index is 0.232. The number of rotatable bonds is 5. The van der Waals surface area contributed by atoms with Crippen LogP contribution < -0.4 is 11.3 Å². The van der Waals surface area contributed by atoms with Crippen LogP contribution in [0.25, 0.3) is 0 Å². The van der Waals surface area contributed by atoms with E-state index in [1.807, 2.05) is 6.07 Å². The van der Waals surface area contributed by atoms with Crippen LogP contribution in [0.2, 0.25) is 0 Å². The van der Waals surface area contributed by atoms with Gasteiger partial charge in [-0.1, -0.05) is 29.8 Å². The largest absolute Gasteiger partial charge is 0.472 e. The maximum absolute atomic E-state index is 5.59. The fraction of sp³-hybridized carbons (Fsp3) is 0.286. The number of furan rings is 1. The second-order valence-electron chi connectivity index (χ2n) is 4.39. The first-order chi connectivity index (χ1) is 8.28. The van der Waals surface area contributed by atoms with E-state index >= 15 is 0 Å². The summed E-state index contributed by atoms with van der Waals surface area (Å²) in [5.74, 6) is 5.59. The van der Waals surface area contributed by atoms with Crippen molar-refractivity contribution in [2.75, 3.05) is 0 Å². The van der Waals surface area contributed by atoms with Crippen LogP contribution in [0, 0.1) is 6.92 Å². The standard InChI is InChI=1S/C14H18N2O/c1-11-2-4-12(5-3-11)8-14(16-15)9-13-6-7-17-10-13/h2-7,10,14,16H,8-9,15H2,1H3. The normalized spacial score (nSPS) is 12.6. The van der Waals surface area contributed by atoms with Gasteiger partial charge in [0.15, 0.2) is 0 Å². The average molecular weight is 230 g/mol. The molecule has 0 saturated carbocycles. The lowest BCUT2D eigenvalue weighted by Gasteiger charge is -2.15. The van der Waals surface area contributed by atoms with Gasteiger partial charge in [-0.3, -0.25) is 11.3 Å². The first-order valence-corrected chi connectivity index (χ1v) is 5.80. The van der Waals surface area contributed by atoms with Crippen molar-refractivity contribution in [2.45, 2.75) is 25.8 Å². The van der Waals surface area contributed by atoms with Gasteiger partial charge in [0.1, 0.15) is 0 Å². The van der Waals surface area contributed by atoms with Crippen molar-refractivity contribution in [3.05, 3.63) is 59.5 Å². The summed E-state index contributed by atoms with van der Waals surface area (Å²) in [6, 6.07) is 10.8. The van der Waals surface area contributed by atoms with Gasteiger partial charge in [-0.05, 0) is 37.0 Å². The highest BCUT2D eigenvalue weighted by atomic mass is 16.3. The Kier molecular flexibility index (Phi) is 3.96. The Bertz CT molecular complexity index is 434. The van der Waals surface area contributed by atoms with Gasteiger partial charge >= 0.3 is 0 Å². The highest BCUT2D eigenvalue weighted by molar-refractivity contribution is 5.22. The molecule has 2 aromatic rings. The highest BCUT2D eigenvalue weighted by Crippen LogP contribution is 2.10. The molecular weight excluding hydrogens is 212 g/mol. The molecule has 0 saturated heterocycles. The van der Waals surface area contributed by atoms with Crippen molar-refractivity contribution in [3.63, 3.8) is 0 Å². The number of nitrogens with two attached hydrogens (primary N) is 1. The molecule has 1 aromatic heterocycles. The van der Waals surface area contributed by atoms with Crippen molar-refractivity contribution in [1.29, 1.82) is 0 Å². The summed E-state index contributed by atoms with van der Waals surface area (Å²) in [6.07, 6.45) is 5.25. The van der Waals surface area contributed by atoms with Crippen LogP contribution in [0.5, 0.6) is 0 Å². The molecule has 1 atom stereocenters. The summed E-state index contributed by atoms with van der Waals surface area (Å²) >= 11 is 0. The van der Waals surface area contributed by atoms with Crippen LogP contribution in [0.3, 0.4) is 0 Å². The number of hydrogen-bond acceptors (Lipinski definition) is 3. The van der Waals surface area contributed by atoms with Crippen LogP contribution in [-0.4, -0.2) is 6.04 Å². The fourth-order valence-electron chi connectivity index (χ4n) is 1.89. The van der Waals surface area contributed by atoms with Gasteiger partial charge in [0.25, 0.3) is 0 Å². The number of benzene rings is 1. The van der Waals surface area contributed by atoms with Gasteiger partial charge in [0.2, 0.25) is 0 Å². The first-order valence-electron chi connectivity index (χ1n) is 5.80. The Morgan fingerprint density at radius 1 is 1.12 bits per heavy atom. The molecule has 0 amide bonds. The van der Waals surface area contributed by atoms with Gasteiger partial charge in [-0.25, -0.2) is 0 Å². The topological polar surface area (TPSA) is 51.2 Å². The maximum Gasteiger partial charge on any atom is 0.0935 e. The predicted octanol–water partition coefficient (Wildman–Crippen LogP) is 2.21. The smallest absolute Gasteiger partial charge is 0.0935 e. The SMILES string of the molecule is Cc1ccc(CC(Cc2ccoc2)NN)cc1. The third-order valence-corrected chi connectivity index (χ3v) is 2.90. The summed E-state index contributed by atoms with van der Waals surface area (Å²) < 4.78 is 5.06. The molecule has 3 N–H and O–H groups in total. The van der Waals surface area contributed by atoms with E-state index in [-0.39, 0.29) is 6.04 Å². The second kappa shape index (κ2) is 5.66. The second-order valence-corrected chi connectivity index (χ2v) is 4.39. The molecule has 0 aliphatic carbocycles. The van der Waals surface area contributed by atoms with Crippen LogP contribution in [-0.2, 0) is 12.8 Å². The number of aryl methyl sites for hydroxylation is 1. The monoisotopic (exact) mass is 230 g/mol. The zero-order valence-electron chi connectivity index (χ0n) is 10.0. The molecule has 3 heteroatoms. The Labute approximate surface area is 102 Å². The van der Waals surface area contributed by atoms with E-state index in [0.29, 0.717) is 0 Å². The van der Waals surface area contributed by atoms with Gasteiger partial charge in [0, 0.05) is 6.04 Å². The third kappa shape index (κ3) is 3.44. The van der Waals surface area contributed by atoms with Crippen LogP contribution in [0.4, 0.5) is 0 Å². The van der Waals surface area contributed by atoms with Crippen LogP contribution in [0.15, 0.2) is 47.3 Å². The third-order valence-electron chi connectivity index (χ3n) is 2.90. The van der Waals surface area contributed by atoms with Crippen molar-refractivity contribution >= 4 is 0 Å². The number of nitrogens with one attached hydrogen (secondary N) is 1. The van der Waals surface area contributed by atoms with E-state index in [0.717, 1.165) is 12.8 Å². The maximum atomic E-state index is 5.59. The van der Waals surface area contributed by atoms with E-state index in [1.165, 1.54) is 16.7 Å². The molecule has 2 rings (SSSR count). The van der Waals surface area contributed by atoms with Crippen molar-refractivity contribution in [3.8, 4) is 0 Å². The van der Waals surface area contributed by atoms with Crippen LogP contribution in [0.1, 0.15) is 16.7 Å². The Hall–Kier alpha value is -1.58. The molecule has 90 valence electrons. The van der Waals surface area contributed by atoms with Crippen molar-refractivity contribution in [2.24, 2.45) is 5.84 Å². The zero-order chi connectivity index (χ0) is 12.1. The Morgan fingerprint density at radius 3 is 2.41 bits per heavy atom. The molecule has 0 spiro atoms. The quantitative estimate of drug-likeness (QED) is 0.611. The van der Waals surface area contributed by atoms with E-state index in [9.17, 15) is 0 Å². The van der Waals surface area contributed by atoms with Gasteiger partial charge in [-0.15, -0.1) is 0 Å². The van der Waals surface area contributed by atoms with Gasteiger partial charge < -0.3 is 4.42 Å². The molecule has 0 aliphatic rings. The molecule has 1 aromatic carbocycles. The Morgan fingerprint density at radius 2 is 1.82 bits per heavy atom. The first kappa shape index (κ1) is 11.9. The lowest BCUT2D eigenvalue weighted by molar-refractivity contribution is 0.514. The summed E-state index contributed by atoms with van der Waals surface area (Å²) in [4.78, 5) is 0. The molecule has 17 heavy (non-hydrogen) atoms. The van der Waals surface area contributed by atoms with Crippen LogP contribution >= 0.6 is 0 Å². The lowest BCUT2D eigenvalue weighted by atomic mass is 10.0.